The Balaban J connectivity index is 1.48. The Morgan fingerprint density at radius 2 is 2.03 bits per heavy atom. The zero-order valence-electron chi connectivity index (χ0n) is 19.1. The van der Waals surface area contributed by atoms with Crippen LogP contribution in [0.3, 0.4) is 0 Å². The predicted octanol–water partition coefficient (Wildman–Crippen LogP) is 3.42. The molecule has 0 saturated carbocycles. The normalized spacial score (nSPS) is 11.1. The molecular formula is C23H23ClN6O3S. The fourth-order valence-electron chi connectivity index (χ4n) is 3.52. The van der Waals surface area contributed by atoms with Crippen LogP contribution in [0.25, 0.3) is 5.65 Å². The number of hydrogen-bond acceptors (Lipinski definition) is 7. The van der Waals surface area contributed by atoms with Crippen molar-refractivity contribution in [2.75, 3.05) is 18.2 Å². The lowest BCUT2D eigenvalue weighted by Crippen LogP contribution is -2.23. The summed E-state index contributed by atoms with van der Waals surface area (Å²) in [7, 11) is 3.33. The molecule has 11 heteroatoms. The third-order valence-corrected chi connectivity index (χ3v) is 6.63. The molecule has 3 heterocycles. The van der Waals surface area contributed by atoms with Gasteiger partial charge in [0, 0.05) is 35.9 Å². The van der Waals surface area contributed by atoms with Crippen LogP contribution >= 0.6 is 23.4 Å². The van der Waals surface area contributed by atoms with E-state index in [1.807, 2.05) is 26.0 Å². The molecule has 0 saturated heterocycles. The van der Waals surface area contributed by atoms with E-state index in [9.17, 15) is 9.59 Å². The van der Waals surface area contributed by atoms with Gasteiger partial charge in [-0.1, -0.05) is 29.4 Å². The van der Waals surface area contributed by atoms with Gasteiger partial charge in [0.1, 0.15) is 17.2 Å². The minimum absolute atomic E-state index is 0.111. The number of methoxy groups -OCH3 is 1. The summed E-state index contributed by atoms with van der Waals surface area (Å²) in [6, 6.07) is 8.75. The number of thioether (sulfide) groups is 1. The summed E-state index contributed by atoms with van der Waals surface area (Å²) in [4.78, 5) is 30.2. The van der Waals surface area contributed by atoms with E-state index in [1.165, 1.54) is 18.9 Å². The number of anilines is 1. The van der Waals surface area contributed by atoms with Gasteiger partial charge in [0.25, 0.3) is 5.56 Å². The van der Waals surface area contributed by atoms with Crippen LogP contribution in [0.5, 0.6) is 5.75 Å². The Labute approximate surface area is 205 Å². The van der Waals surface area contributed by atoms with Crippen LogP contribution in [0, 0.1) is 13.8 Å². The van der Waals surface area contributed by atoms with Crippen molar-refractivity contribution in [1.29, 1.82) is 0 Å². The third kappa shape index (κ3) is 4.78. The van der Waals surface area contributed by atoms with E-state index in [-0.39, 0.29) is 23.6 Å². The quantitative estimate of drug-likeness (QED) is 0.389. The fourth-order valence-corrected chi connectivity index (χ4v) is 4.42. The maximum atomic E-state index is 13.1. The molecule has 176 valence electrons. The second kappa shape index (κ2) is 9.86. The summed E-state index contributed by atoms with van der Waals surface area (Å²) >= 11 is 7.26. The smallest absolute Gasteiger partial charge is 0.261 e. The summed E-state index contributed by atoms with van der Waals surface area (Å²) < 4.78 is 8.59. The Morgan fingerprint density at radius 1 is 1.24 bits per heavy atom. The number of ether oxygens (including phenoxy) is 1. The third-order valence-electron chi connectivity index (χ3n) is 5.38. The first-order chi connectivity index (χ1) is 16.3. The Morgan fingerprint density at radius 3 is 2.79 bits per heavy atom. The van der Waals surface area contributed by atoms with Crippen molar-refractivity contribution in [3.63, 3.8) is 0 Å². The standard InChI is InChI=1S/C23H23ClN6O3S/c1-13-6-5-9-30-21(13)25-14(2)16(22(30)32)11-19-27-28-23(29(19)3)34-12-20(31)26-17-10-15(24)7-8-18(17)33-4/h5-10H,11-12H2,1-4H3,(H,26,31). The first-order valence-electron chi connectivity index (χ1n) is 10.4. The lowest BCUT2D eigenvalue weighted by atomic mass is 10.1. The number of nitrogens with one attached hydrogen (secondary N) is 1. The highest BCUT2D eigenvalue weighted by Gasteiger charge is 2.17. The molecular weight excluding hydrogens is 476 g/mol. The van der Waals surface area contributed by atoms with Crippen LogP contribution in [0.1, 0.15) is 22.6 Å². The van der Waals surface area contributed by atoms with E-state index in [1.54, 1.807) is 40.4 Å². The van der Waals surface area contributed by atoms with Crippen LogP contribution in [0.15, 0.2) is 46.5 Å². The number of amides is 1. The number of nitrogens with zero attached hydrogens (tertiary/aromatic N) is 5. The maximum Gasteiger partial charge on any atom is 0.261 e. The van der Waals surface area contributed by atoms with Gasteiger partial charge in [-0.3, -0.25) is 14.0 Å². The first-order valence-corrected chi connectivity index (χ1v) is 11.8. The van der Waals surface area contributed by atoms with Crippen molar-refractivity contribution in [1.82, 2.24) is 24.1 Å². The van der Waals surface area contributed by atoms with Gasteiger partial charge in [-0.05, 0) is 43.7 Å². The average molecular weight is 499 g/mol. The predicted molar refractivity (Wildman–Crippen MR) is 132 cm³/mol. The molecule has 0 bridgehead atoms. The van der Waals surface area contributed by atoms with Crippen molar-refractivity contribution in [2.45, 2.75) is 25.4 Å². The van der Waals surface area contributed by atoms with Gasteiger partial charge in [0.15, 0.2) is 5.16 Å². The van der Waals surface area contributed by atoms with E-state index in [2.05, 4.69) is 20.5 Å². The number of halogens is 1. The van der Waals surface area contributed by atoms with Crippen LogP contribution < -0.4 is 15.6 Å². The summed E-state index contributed by atoms with van der Waals surface area (Å²) in [5.74, 6) is 0.997. The van der Waals surface area contributed by atoms with E-state index < -0.39 is 0 Å². The minimum atomic E-state index is -0.238. The highest BCUT2D eigenvalue weighted by molar-refractivity contribution is 7.99. The number of rotatable bonds is 7. The van der Waals surface area contributed by atoms with E-state index >= 15 is 0 Å². The van der Waals surface area contributed by atoms with Crippen molar-refractivity contribution in [3.05, 3.63) is 74.6 Å². The van der Waals surface area contributed by atoms with Gasteiger partial charge >= 0.3 is 0 Å². The molecule has 0 aliphatic rings. The number of hydrogen-bond donors (Lipinski definition) is 1. The molecule has 0 atom stereocenters. The van der Waals surface area contributed by atoms with Crippen molar-refractivity contribution in [2.24, 2.45) is 7.05 Å². The van der Waals surface area contributed by atoms with Gasteiger partial charge in [-0.2, -0.15) is 0 Å². The summed E-state index contributed by atoms with van der Waals surface area (Å²) in [6.07, 6.45) is 2.00. The van der Waals surface area contributed by atoms with E-state index in [0.717, 1.165) is 5.56 Å². The van der Waals surface area contributed by atoms with Crippen LogP contribution in [-0.2, 0) is 18.3 Å². The SMILES string of the molecule is COc1ccc(Cl)cc1NC(=O)CSc1nnc(Cc2c(C)nc3c(C)cccn3c2=O)n1C. The second-order valence-corrected chi connectivity index (χ2v) is 9.06. The summed E-state index contributed by atoms with van der Waals surface area (Å²) in [5, 5.41) is 12.3. The lowest BCUT2D eigenvalue weighted by molar-refractivity contribution is -0.113. The van der Waals surface area contributed by atoms with E-state index in [4.69, 9.17) is 16.3 Å². The number of carbonyl (C=O) groups excluding carboxylic acids is 1. The fraction of sp³-hybridized carbons (Fsp3) is 0.261. The average Bonchev–Trinajstić information content (AvgIpc) is 3.15. The molecule has 1 amide bonds. The van der Waals surface area contributed by atoms with Gasteiger partial charge < -0.3 is 14.6 Å². The van der Waals surface area contributed by atoms with Crippen molar-refractivity contribution < 1.29 is 9.53 Å². The number of carbonyl (C=O) groups is 1. The molecule has 4 rings (SSSR count). The molecule has 0 spiro atoms. The highest BCUT2D eigenvalue weighted by Crippen LogP contribution is 2.28. The molecule has 0 aliphatic carbocycles. The Kier molecular flexibility index (Phi) is 6.90. The summed E-state index contributed by atoms with van der Waals surface area (Å²) in [6.45, 7) is 3.75. The number of aromatic nitrogens is 5. The molecule has 3 aromatic heterocycles. The van der Waals surface area contributed by atoms with Crippen LogP contribution in [0.2, 0.25) is 5.02 Å². The molecule has 0 unspecified atom stereocenters. The van der Waals surface area contributed by atoms with Gasteiger partial charge in [-0.15, -0.1) is 10.2 Å². The zero-order chi connectivity index (χ0) is 24.4. The number of aryl methyl sites for hydroxylation is 2. The highest BCUT2D eigenvalue weighted by atomic mass is 35.5. The van der Waals surface area contributed by atoms with E-state index in [0.29, 0.717) is 44.3 Å². The second-order valence-electron chi connectivity index (χ2n) is 7.68. The van der Waals surface area contributed by atoms with Gasteiger partial charge in [0.05, 0.1) is 18.6 Å². The minimum Gasteiger partial charge on any atom is -0.495 e. The first kappa shape index (κ1) is 23.8. The maximum absolute atomic E-state index is 13.1. The van der Waals surface area contributed by atoms with Crippen molar-refractivity contribution >= 4 is 40.6 Å². The molecule has 9 nitrogen and oxygen atoms in total. The Bertz CT molecular complexity index is 1450. The molecule has 0 aliphatic heterocycles. The van der Waals surface area contributed by atoms with Gasteiger partial charge in [-0.25, -0.2) is 4.98 Å². The molecule has 1 N–H and O–H groups in total. The summed E-state index contributed by atoms with van der Waals surface area (Å²) in [5.41, 5.74) is 3.16. The zero-order valence-corrected chi connectivity index (χ0v) is 20.7. The lowest BCUT2D eigenvalue weighted by Gasteiger charge is -2.10. The van der Waals surface area contributed by atoms with Crippen molar-refractivity contribution in [3.8, 4) is 5.75 Å². The monoisotopic (exact) mass is 498 g/mol. The number of benzene rings is 1. The van der Waals surface area contributed by atoms with Crippen LogP contribution in [0.4, 0.5) is 5.69 Å². The molecule has 1 aromatic carbocycles. The molecule has 0 radical (unpaired) electrons. The molecule has 34 heavy (non-hydrogen) atoms. The van der Waals surface area contributed by atoms with Crippen LogP contribution in [-0.4, -0.2) is 42.9 Å². The largest absolute Gasteiger partial charge is 0.495 e. The Hall–Kier alpha value is -3.37. The number of pyridine rings is 1. The topological polar surface area (TPSA) is 103 Å². The molecule has 4 aromatic rings. The number of fused-ring (bicyclic) bond motifs is 1. The van der Waals surface area contributed by atoms with Gasteiger partial charge in [0.2, 0.25) is 5.91 Å². The molecule has 0 fully saturated rings.